The third kappa shape index (κ3) is 2.60. The maximum Gasteiger partial charge on any atom is 0.315 e. The first-order valence-electron chi connectivity index (χ1n) is 8.33. The van der Waals surface area contributed by atoms with Crippen LogP contribution in [0.4, 0.5) is 10.6 Å². The Morgan fingerprint density at radius 2 is 2.09 bits per heavy atom. The summed E-state index contributed by atoms with van der Waals surface area (Å²) in [4.78, 5) is 18.8. The Bertz CT molecular complexity index is 760. The number of nitrogens with zero attached hydrogens (tertiary/aromatic N) is 2. The van der Waals surface area contributed by atoms with E-state index in [0.29, 0.717) is 0 Å². The lowest BCUT2D eigenvalue weighted by Gasteiger charge is -2.27. The van der Waals surface area contributed by atoms with Gasteiger partial charge in [-0.25, -0.2) is 9.78 Å². The van der Waals surface area contributed by atoms with Crippen LogP contribution >= 0.6 is 0 Å². The van der Waals surface area contributed by atoms with Crippen molar-refractivity contribution in [3.63, 3.8) is 0 Å². The summed E-state index contributed by atoms with van der Waals surface area (Å²) in [7, 11) is 0. The molecule has 2 saturated heterocycles. The van der Waals surface area contributed by atoms with E-state index in [1.807, 2.05) is 0 Å². The van der Waals surface area contributed by atoms with Gasteiger partial charge in [-0.05, 0) is 37.6 Å². The smallest absolute Gasteiger partial charge is 0.315 e. The zero-order valence-corrected chi connectivity index (χ0v) is 13.4. The van der Waals surface area contributed by atoms with Gasteiger partial charge < -0.3 is 15.5 Å². The van der Waals surface area contributed by atoms with Crippen LogP contribution in [-0.2, 0) is 0 Å². The molecular weight excluding hydrogens is 288 g/mol. The van der Waals surface area contributed by atoms with Crippen LogP contribution in [0.5, 0.6) is 0 Å². The fourth-order valence-electron chi connectivity index (χ4n) is 3.84. The molecule has 2 amide bonds. The molecule has 23 heavy (non-hydrogen) atoms. The molecule has 120 valence electrons. The second-order valence-electron chi connectivity index (χ2n) is 6.74. The summed E-state index contributed by atoms with van der Waals surface area (Å²) >= 11 is 0. The van der Waals surface area contributed by atoms with E-state index in [4.69, 9.17) is 4.98 Å². The van der Waals surface area contributed by atoms with Gasteiger partial charge in [0.2, 0.25) is 0 Å². The van der Waals surface area contributed by atoms with Gasteiger partial charge in [-0.2, -0.15) is 0 Å². The number of anilines is 1. The number of pyridine rings is 1. The molecule has 2 N–H and O–H groups in total. The number of hydrogen-bond donors (Lipinski definition) is 2. The van der Waals surface area contributed by atoms with Gasteiger partial charge in [0.15, 0.2) is 0 Å². The van der Waals surface area contributed by atoms with Gasteiger partial charge in [-0.1, -0.05) is 24.3 Å². The number of carbonyl (C=O) groups is 1. The number of benzene rings is 1. The van der Waals surface area contributed by atoms with Gasteiger partial charge in [0.05, 0.1) is 5.54 Å². The number of amides is 2. The second kappa shape index (κ2) is 5.41. The fraction of sp³-hybridized carbons (Fsp3) is 0.444. The van der Waals surface area contributed by atoms with Crippen LogP contribution in [0.1, 0.15) is 25.0 Å². The van der Waals surface area contributed by atoms with Gasteiger partial charge in [0, 0.05) is 30.7 Å². The number of urea groups is 1. The lowest BCUT2D eigenvalue weighted by atomic mass is 9.92. The molecule has 1 aromatic carbocycles. The van der Waals surface area contributed by atoms with Crippen LogP contribution in [0.3, 0.4) is 0 Å². The summed E-state index contributed by atoms with van der Waals surface area (Å²) in [6, 6.07) is 10.5. The van der Waals surface area contributed by atoms with Gasteiger partial charge in [-0.15, -0.1) is 0 Å². The van der Waals surface area contributed by atoms with E-state index in [-0.39, 0.29) is 11.6 Å². The van der Waals surface area contributed by atoms with Crippen LogP contribution in [0.25, 0.3) is 10.8 Å². The molecule has 2 aliphatic rings. The first-order chi connectivity index (χ1) is 11.2. The zero-order valence-electron chi connectivity index (χ0n) is 13.4. The Kier molecular flexibility index (Phi) is 3.36. The van der Waals surface area contributed by atoms with Crippen molar-refractivity contribution in [3.8, 4) is 0 Å². The van der Waals surface area contributed by atoms with Gasteiger partial charge in [0.1, 0.15) is 5.82 Å². The molecule has 0 radical (unpaired) electrons. The molecule has 1 atom stereocenters. The minimum atomic E-state index is -0.0779. The molecule has 1 aromatic heterocycles. The highest BCUT2D eigenvalue weighted by Crippen LogP contribution is 2.30. The van der Waals surface area contributed by atoms with E-state index >= 15 is 0 Å². The predicted molar refractivity (Wildman–Crippen MR) is 91.8 cm³/mol. The Morgan fingerprint density at radius 3 is 2.91 bits per heavy atom. The SMILES string of the molecule is Cc1cc2ccccc2c(N2CCCC3(CC2)CNC(=O)N3)n1. The van der Waals surface area contributed by atoms with E-state index in [1.165, 1.54) is 10.8 Å². The molecule has 1 unspecified atom stereocenters. The lowest BCUT2D eigenvalue weighted by molar-refractivity contribution is 0.243. The molecule has 5 heteroatoms. The minimum absolute atomic E-state index is 0.0300. The fourth-order valence-corrected chi connectivity index (χ4v) is 3.84. The maximum absolute atomic E-state index is 11.6. The number of hydrogen-bond acceptors (Lipinski definition) is 3. The van der Waals surface area contributed by atoms with Crippen molar-refractivity contribution >= 4 is 22.6 Å². The first kappa shape index (κ1) is 14.3. The second-order valence-corrected chi connectivity index (χ2v) is 6.74. The van der Waals surface area contributed by atoms with Crippen molar-refractivity contribution in [2.75, 3.05) is 24.5 Å². The Morgan fingerprint density at radius 1 is 1.22 bits per heavy atom. The van der Waals surface area contributed by atoms with Gasteiger partial charge in [0.25, 0.3) is 0 Å². The van der Waals surface area contributed by atoms with E-state index in [9.17, 15) is 4.79 Å². The van der Waals surface area contributed by atoms with E-state index < -0.39 is 0 Å². The summed E-state index contributed by atoms with van der Waals surface area (Å²) < 4.78 is 0. The summed E-state index contributed by atoms with van der Waals surface area (Å²) in [5.74, 6) is 1.08. The monoisotopic (exact) mass is 310 g/mol. The Hall–Kier alpha value is -2.30. The third-order valence-electron chi connectivity index (χ3n) is 5.06. The van der Waals surface area contributed by atoms with Crippen molar-refractivity contribution in [2.24, 2.45) is 0 Å². The van der Waals surface area contributed by atoms with Gasteiger partial charge >= 0.3 is 6.03 Å². The first-order valence-corrected chi connectivity index (χ1v) is 8.33. The standard InChI is InChI=1S/C18H22N4O/c1-13-11-14-5-2-3-6-15(14)16(20-13)22-9-4-7-18(8-10-22)12-19-17(23)21-18/h2-3,5-6,11H,4,7-10,12H2,1H3,(H2,19,21,23). The van der Waals surface area contributed by atoms with Crippen LogP contribution in [-0.4, -0.2) is 36.2 Å². The molecule has 0 saturated carbocycles. The highest BCUT2D eigenvalue weighted by Gasteiger charge is 2.38. The molecule has 2 aromatic rings. The predicted octanol–water partition coefficient (Wildman–Crippen LogP) is 2.59. The highest BCUT2D eigenvalue weighted by molar-refractivity contribution is 5.92. The number of nitrogens with one attached hydrogen (secondary N) is 2. The Balaban J connectivity index is 1.65. The topological polar surface area (TPSA) is 57.3 Å². The summed E-state index contributed by atoms with van der Waals surface area (Å²) in [5, 5.41) is 8.50. The molecule has 4 rings (SSSR count). The summed E-state index contributed by atoms with van der Waals surface area (Å²) in [6.07, 6.45) is 3.04. The minimum Gasteiger partial charge on any atom is -0.356 e. The summed E-state index contributed by atoms with van der Waals surface area (Å²) in [5.41, 5.74) is 0.972. The number of aromatic nitrogens is 1. The average Bonchev–Trinajstić information content (AvgIpc) is 2.78. The van der Waals surface area contributed by atoms with Crippen LogP contribution in [0, 0.1) is 6.92 Å². The van der Waals surface area contributed by atoms with Crippen molar-refractivity contribution in [3.05, 3.63) is 36.0 Å². The van der Waals surface area contributed by atoms with E-state index in [1.54, 1.807) is 0 Å². The van der Waals surface area contributed by atoms with Crippen LogP contribution < -0.4 is 15.5 Å². The maximum atomic E-state index is 11.6. The normalized spacial score (nSPS) is 24.6. The van der Waals surface area contributed by atoms with E-state index in [0.717, 1.165) is 50.4 Å². The lowest BCUT2D eigenvalue weighted by Crippen LogP contribution is -2.44. The molecular formula is C18H22N4O. The largest absolute Gasteiger partial charge is 0.356 e. The number of fused-ring (bicyclic) bond motifs is 1. The van der Waals surface area contributed by atoms with Crippen LogP contribution in [0.2, 0.25) is 0 Å². The van der Waals surface area contributed by atoms with Crippen molar-refractivity contribution in [1.82, 2.24) is 15.6 Å². The molecule has 0 aliphatic carbocycles. The number of rotatable bonds is 1. The Labute approximate surface area is 136 Å². The van der Waals surface area contributed by atoms with Crippen molar-refractivity contribution in [1.29, 1.82) is 0 Å². The third-order valence-corrected chi connectivity index (χ3v) is 5.06. The molecule has 0 bridgehead atoms. The molecule has 5 nitrogen and oxygen atoms in total. The van der Waals surface area contributed by atoms with E-state index in [2.05, 4.69) is 52.8 Å². The van der Waals surface area contributed by atoms with Crippen molar-refractivity contribution < 1.29 is 4.79 Å². The quantitative estimate of drug-likeness (QED) is 0.851. The number of carbonyl (C=O) groups excluding carboxylic acids is 1. The van der Waals surface area contributed by atoms with Crippen LogP contribution in [0.15, 0.2) is 30.3 Å². The molecule has 1 spiro atoms. The summed E-state index contributed by atoms with van der Waals surface area (Å²) in [6.45, 7) is 4.69. The highest BCUT2D eigenvalue weighted by atomic mass is 16.2. The number of aryl methyl sites for hydroxylation is 1. The molecule has 2 aliphatic heterocycles. The molecule has 2 fully saturated rings. The average molecular weight is 310 g/mol. The zero-order chi connectivity index (χ0) is 15.9. The molecule has 3 heterocycles. The van der Waals surface area contributed by atoms with Crippen molar-refractivity contribution in [2.45, 2.75) is 31.7 Å². The van der Waals surface area contributed by atoms with Gasteiger partial charge in [-0.3, -0.25) is 0 Å².